The molecule has 1 unspecified atom stereocenters. The van der Waals surface area contributed by atoms with Crippen LogP contribution >= 0.6 is 0 Å². The van der Waals surface area contributed by atoms with Crippen LogP contribution in [0.25, 0.3) is 22.8 Å². The molecule has 3 aromatic carbocycles. The highest BCUT2D eigenvalue weighted by Crippen LogP contribution is 2.40. The molecule has 0 fully saturated rings. The minimum Gasteiger partial charge on any atom is -0.496 e. The van der Waals surface area contributed by atoms with Gasteiger partial charge in [-0.05, 0) is 55.7 Å². The Morgan fingerprint density at radius 2 is 1.69 bits per heavy atom. The van der Waals surface area contributed by atoms with Crippen molar-refractivity contribution in [3.05, 3.63) is 96.1 Å². The Labute approximate surface area is 191 Å². The third-order valence-electron chi connectivity index (χ3n) is 5.71. The number of nitrogens with one attached hydrogen (secondary N) is 1. The molecule has 0 spiro atoms. The Bertz CT molecular complexity index is 1130. The van der Waals surface area contributed by atoms with E-state index in [0.29, 0.717) is 6.61 Å². The molecular formula is C29H31NO2. The molecule has 0 saturated carbocycles. The number of para-hydroxylation sites is 1. The van der Waals surface area contributed by atoms with Crippen LogP contribution in [0, 0.1) is 0 Å². The van der Waals surface area contributed by atoms with Gasteiger partial charge in [-0.25, -0.2) is 0 Å². The molecule has 1 N–H and O–H groups in total. The first kappa shape index (κ1) is 21.9. The topological polar surface area (TPSA) is 30.5 Å². The first-order valence-electron chi connectivity index (χ1n) is 11.1. The molecule has 1 aliphatic heterocycles. The molecule has 0 radical (unpaired) electrons. The van der Waals surface area contributed by atoms with Gasteiger partial charge in [0, 0.05) is 16.8 Å². The van der Waals surface area contributed by atoms with E-state index >= 15 is 0 Å². The summed E-state index contributed by atoms with van der Waals surface area (Å²) in [6, 6.07) is 25.0. The van der Waals surface area contributed by atoms with Gasteiger partial charge in [-0.2, -0.15) is 0 Å². The minimum absolute atomic E-state index is 0.0385. The fraction of sp³-hybridized carbons (Fsp3) is 0.241. The lowest BCUT2D eigenvalue weighted by Crippen LogP contribution is -2.33. The Morgan fingerprint density at radius 3 is 2.47 bits per heavy atom. The summed E-state index contributed by atoms with van der Waals surface area (Å²) < 4.78 is 11.8. The summed E-state index contributed by atoms with van der Waals surface area (Å²) in [6.45, 7) is 7.06. The van der Waals surface area contributed by atoms with Crippen molar-refractivity contribution in [2.75, 3.05) is 19.0 Å². The van der Waals surface area contributed by atoms with Gasteiger partial charge < -0.3 is 14.8 Å². The molecule has 1 atom stereocenters. The van der Waals surface area contributed by atoms with E-state index in [1.54, 1.807) is 7.11 Å². The number of hydrogen-bond donors (Lipinski definition) is 1. The molecule has 0 aromatic heterocycles. The van der Waals surface area contributed by atoms with Crippen molar-refractivity contribution < 1.29 is 9.47 Å². The molecule has 3 heteroatoms. The molecular weight excluding hydrogens is 394 g/mol. The lowest BCUT2D eigenvalue weighted by atomic mass is 9.86. The Hall–Kier alpha value is -3.30. The molecule has 164 valence electrons. The predicted molar refractivity (Wildman–Crippen MR) is 135 cm³/mol. The van der Waals surface area contributed by atoms with Crippen LogP contribution in [0.2, 0.25) is 0 Å². The molecule has 1 heterocycles. The third kappa shape index (κ3) is 4.95. The van der Waals surface area contributed by atoms with Gasteiger partial charge in [-0.3, -0.25) is 0 Å². The first-order chi connectivity index (χ1) is 15.5. The lowest BCUT2D eigenvalue weighted by molar-refractivity contribution is 0.129. The maximum Gasteiger partial charge on any atom is 0.126 e. The van der Waals surface area contributed by atoms with Crippen LogP contribution in [0.3, 0.4) is 0 Å². The predicted octanol–water partition coefficient (Wildman–Crippen LogP) is 7.07. The molecule has 0 aliphatic carbocycles. The Morgan fingerprint density at radius 1 is 0.938 bits per heavy atom. The van der Waals surface area contributed by atoms with E-state index in [2.05, 4.69) is 80.7 Å². The maximum absolute atomic E-state index is 6.24. The van der Waals surface area contributed by atoms with E-state index in [0.717, 1.165) is 22.6 Å². The number of rotatable bonds is 7. The first-order valence-corrected chi connectivity index (χ1v) is 11.1. The highest BCUT2D eigenvalue weighted by molar-refractivity contribution is 5.86. The van der Waals surface area contributed by atoms with Crippen LogP contribution in [-0.2, 0) is 4.74 Å². The Balaban J connectivity index is 1.59. The third-order valence-corrected chi connectivity index (χ3v) is 5.71. The molecule has 0 amide bonds. The largest absolute Gasteiger partial charge is 0.496 e. The molecule has 0 bridgehead atoms. The van der Waals surface area contributed by atoms with E-state index < -0.39 is 0 Å². The monoisotopic (exact) mass is 425 g/mol. The van der Waals surface area contributed by atoms with Crippen molar-refractivity contribution in [3.8, 4) is 16.9 Å². The second-order valence-electron chi connectivity index (χ2n) is 8.70. The second kappa shape index (κ2) is 9.46. The summed E-state index contributed by atoms with van der Waals surface area (Å²) >= 11 is 0. The number of methoxy groups -OCH3 is 1. The van der Waals surface area contributed by atoms with Gasteiger partial charge in [0.1, 0.15) is 5.75 Å². The Kier molecular flexibility index (Phi) is 6.48. The average Bonchev–Trinajstić information content (AvgIpc) is 2.81. The number of ether oxygens (including phenoxy) is 2. The average molecular weight is 426 g/mol. The van der Waals surface area contributed by atoms with Crippen molar-refractivity contribution in [3.63, 3.8) is 0 Å². The maximum atomic E-state index is 6.24. The van der Waals surface area contributed by atoms with E-state index in [1.807, 2.05) is 36.4 Å². The van der Waals surface area contributed by atoms with Gasteiger partial charge in [0.05, 0.1) is 25.4 Å². The summed E-state index contributed by atoms with van der Waals surface area (Å²) in [5.74, 6) is 0.873. The normalized spacial score (nSPS) is 15.6. The molecule has 0 saturated heterocycles. The van der Waals surface area contributed by atoms with Gasteiger partial charge in [-0.15, -0.1) is 0 Å². The summed E-state index contributed by atoms with van der Waals surface area (Å²) in [5.41, 5.74) is 6.75. The van der Waals surface area contributed by atoms with E-state index in [9.17, 15) is 0 Å². The van der Waals surface area contributed by atoms with Gasteiger partial charge >= 0.3 is 0 Å². The van der Waals surface area contributed by atoms with Crippen LogP contribution < -0.4 is 10.1 Å². The molecule has 1 aliphatic rings. The summed E-state index contributed by atoms with van der Waals surface area (Å²) in [6.07, 6.45) is 6.42. The van der Waals surface area contributed by atoms with Crippen LogP contribution in [0.1, 0.15) is 31.9 Å². The van der Waals surface area contributed by atoms with Gasteiger partial charge in [0.15, 0.2) is 0 Å². The zero-order valence-electron chi connectivity index (χ0n) is 19.3. The highest BCUT2D eigenvalue weighted by Gasteiger charge is 2.27. The van der Waals surface area contributed by atoms with Crippen LogP contribution in [-0.4, -0.2) is 25.4 Å². The van der Waals surface area contributed by atoms with Crippen LogP contribution in [0.15, 0.2) is 84.9 Å². The van der Waals surface area contributed by atoms with Crippen molar-refractivity contribution >= 4 is 17.3 Å². The zero-order chi connectivity index (χ0) is 22.6. The fourth-order valence-corrected chi connectivity index (χ4v) is 4.17. The summed E-state index contributed by atoms with van der Waals surface area (Å²) in [5, 5.41) is 3.64. The standard InChI is InChI=1S/C29H31NO2/c1-21(32-18-10-13-22-11-6-5-7-12-22)26-20-29(2,3)30-27-17-16-23(19-25(26)27)24-14-8-9-15-28(24)31-4/h5-17,19-21,30H,18H2,1-4H3. The van der Waals surface area contributed by atoms with E-state index in [1.165, 1.54) is 16.7 Å². The zero-order valence-corrected chi connectivity index (χ0v) is 19.3. The lowest BCUT2D eigenvalue weighted by Gasteiger charge is -2.34. The smallest absolute Gasteiger partial charge is 0.126 e. The molecule has 4 rings (SSSR count). The molecule has 3 nitrogen and oxygen atoms in total. The fourth-order valence-electron chi connectivity index (χ4n) is 4.17. The minimum atomic E-state index is -0.147. The molecule has 3 aromatic rings. The van der Waals surface area contributed by atoms with Crippen molar-refractivity contribution in [2.45, 2.75) is 32.4 Å². The van der Waals surface area contributed by atoms with Gasteiger partial charge in [0.25, 0.3) is 0 Å². The van der Waals surface area contributed by atoms with Crippen molar-refractivity contribution in [1.82, 2.24) is 0 Å². The quantitative estimate of drug-likeness (QED) is 0.439. The van der Waals surface area contributed by atoms with Crippen molar-refractivity contribution in [2.24, 2.45) is 0 Å². The summed E-state index contributed by atoms with van der Waals surface area (Å²) in [7, 11) is 1.71. The number of anilines is 1. The van der Waals surface area contributed by atoms with E-state index in [4.69, 9.17) is 9.47 Å². The van der Waals surface area contributed by atoms with E-state index in [-0.39, 0.29) is 11.6 Å². The number of hydrogen-bond acceptors (Lipinski definition) is 3. The second-order valence-corrected chi connectivity index (χ2v) is 8.70. The van der Waals surface area contributed by atoms with Gasteiger partial charge in [-0.1, -0.05) is 72.8 Å². The SMILES string of the molecule is COc1ccccc1-c1ccc2c(c1)C(C(C)OCC=Cc1ccccc1)=CC(C)(C)N2. The number of benzene rings is 3. The van der Waals surface area contributed by atoms with Gasteiger partial charge in [0.2, 0.25) is 0 Å². The summed E-state index contributed by atoms with van der Waals surface area (Å²) in [4.78, 5) is 0. The van der Waals surface area contributed by atoms with Crippen molar-refractivity contribution in [1.29, 1.82) is 0 Å². The van der Waals surface area contributed by atoms with Crippen LogP contribution in [0.4, 0.5) is 5.69 Å². The number of fused-ring (bicyclic) bond motifs is 1. The highest BCUT2D eigenvalue weighted by atomic mass is 16.5. The molecule has 32 heavy (non-hydrogen) atoms. The van der Waals surface area contributed by atoms with Crippen LogP contribution in [0.5, 0.6) is 5.75 Å².